The number of nitrogens with zero attached hydrogens (tertiary/aromatic N) is 3. The van der Waals surface area contributed by atoms with Crippen LogP contribution in [-0.2, 0) is 5.41 Å². The van der Waals surface area contributed by atoms with E-state index in [1.165, 1.54) is 83.1 Å². The summed E-state index contributed by atoms with van der Waals surface area (Å²) in [4.78, 5) is 4.65. The number of anilines is 6. The standard InChI is InChI=1S/C67H45N3/c1-5-18-50(19-6-1)68(51-20-7-2-8-21-51)54-38-32-46(33-39-54)48-36-42-56-57-43-37-49(47-34-40-55(41-35-47)69(52-22-9-3-10-23-52)53-24-11-4-12-25-53)45-63(57)67(62(56)44-48)60-28-14-16-31-65(60)70-64-30-15-13-26-58(64)59-27-17-29-61(67)66(59)70/h1-45H. The summed E-state index contributed by atoms with van der Waals surface area (Å²) in [5, 5.41) is 2.55. The topological polar surface area (TPSA) is 11.4 Å². The molecule has 0 amide bonds. The van der Waals surface area contributed by atoms with Crippen molar-refractivity contribution in [2.24, 2.45) is 0 Å². The van der Waals surface area contributed by atoms with Gasteiger partial charge in [-0.2, -0.15) is 0 Å². The summed E-state index contributed by atoms with van der Waals surface area (Å²) in [6, 6.07) is 100. The fourth-order valence-corrected chi connectivity index (χ4v) is 11.8. The van der Waals surface area contributed by atoms with Gasteiger partial charge in [-0.1, -0.05) is 176 Å². The van der Waals surface area contributed by atoms with Gasteiger partial charge >= 0.3 is 0 Å². The molecular weight excluding hydrogens is 847 g/mol. The summed E-state index contributed by atoms with van der Waals surface area (Å²) in [6.45, 7) is 0. The summed E-state index contributed by atoms with van der Waals surface area (Å²) >= 11 is 0. The highest BCUT2D eigenvalue weighted by molar-refractivity contribution is 6.13. The Hall–Kier alpha value is -9.18. The Labute approximate surface area is 408 Å². The van der Waals surface area contributed by atoms with Gasteiger partial charge in [0.25, 0.3) is 0 Å². The minimum atomic E-state index is -0.605. The summed E-state index contributed by atoms with van der Waals surface area (Å²) in [6.07, 6.45) is 0. The molecule has 12 aromatic rings. The number of hydrogen-bond donors (Lipinski definition) is 0. The van der Waals surface area contributed by atoms with Crippen molar-refractivity contribution in [1.82, 2.24) is 4.57 Å². The molecule has 1 aromatic heterocycles. The molecule has 70 heavy (non-hydrogen) atoms. The summed E-state index contributed by atoms with van der Waals surface area (Å²) in [5.74, 6) is 0. The lowest BCUT2D eigenvalue weighted by atomic mass is 9.65. The van der Waals surface area contributed by atoms with Gasteiger partial charge in [-0.25, -0.2) is 0 Å². The summed E-state index contributed by atoms with van der Waals surface area (Å²) in [5.41, 5.74) is 22.3. The van der Waals surface area contributed by atoms with Crippen LogP contribution in [0.15, 0.2) is 273 Å². The maximum atomic E-state index is 2.53. The van der Waals surface area contributed by atoms with Crippen LogP contribution in [0.1, 0.15) is 22.3 Å². The van der Waals surface area contributed by atoms with Crippen molar-refractivity contribution in [2.45, 2.75) is 5.41 Å². The third-order valence-corrected chi connectivity index (χ3v) is 14.8. The Morgan fingerprint density at radius 2 is 0.657 bits per heavy atom. The molecule has 0 fully saturated rings. The molecule has 0 N–H and O–H groups in total. The monoisotopic (exact) mass is 891 g/mol. The van der Waals surface area contributed by atoms with E-state index in [0.717, 1.165) is 34.1 Å². The van der Waals surface area contributed by atoms with E-state index in [4.69, 9.17) is 0 Å². The van der Waals surface area contributed by atoms with Gasteiger partial charge in [0.1, 0.15) is 0 Å². The molecule has 11 aromatic carbocycles. The zero-order valence-electron chi connectivity index (χ0n) is 38.3. The molecule has 1 aliphatic heterocycles. The van der Waals surface area contributed by atoms with E-state index in [0.29, 0.717) is 0 Å². The molecular formula is C67H45N3. The van der Waals surface area contributed by atoms with Crippen LogP contribution in [0.2, 0.25) is 0 Å². The van der Waals surface area contributed by atoms with Crippen LogP contribution in [0.5, 0.6) is 0 Å². The van der Waals surface area contributed by atoms with Gasteiger partial charge in [0, 0.05) is 44.9 Å². The van der Waals surface area contributed by atoms with Crippen molar-refractivity contribution in [1.29, 1.82) is 0 Å². The fourth-order valence-electron chi connectivity index (χ4n) is 11.8. The Morgan fingerprint density at radius 1 is 0.271 bits per heavy atom. The zero-order chi connectivity index (χ0) is 46.2. The first-order chi connectivity index (χ1) is 34.7. The van der Waals surface area contributed by atoms with E-state index >= 15 is 0 Å². The molecule has 328 valence electrons. The Balaban J connectivity index is 0.954. The molecule has 0 atom stereocenters. The van der Waals surface area contributed by atoms with Crippen LogP contribution in [0, 0.1) is 0 Å². The van der Waals surface area contributed by atoms with E-state index in [-0.39, 0.29) is 0 Å². The van der Waals surface area contributed by atoms with Crippen molar-refractivity contribution >= 4 is 55.9 Å². The van der Waals surface area contributed by atoms with Gasteiger partial charge in [-0.05, 0) is 153 Å². The number of para-hydroxylation sites is 7. The zero-order valence-corrected chi connectivity index (χ0v) is 38.3. The molecule has 0 saturated carbocycles. The van der Waals surface area contributed by atoms with Crippen LogP contribution in [0.3, 0.4) is 0 Å². The molecule has 0 saturated heterocycles. The maximum absolute atomic E-state index is 2.53. The van der Waals surface area contributed by atoms with Gasteiger partial charge in [0.2, 0.25) is 0 Å². The van der Waals surface area contributed by atoms with E-state index in [9.17, 15) is 0 Å². The van der Waals surface area contributed by atoms with Crippen molar-refractivity contribution < 1.29 is 0 Å². The fraction of sp³-hybridized carbons (Fsp3) is 0.0149. The number of fused-ring (bicyclic) bond motifs is 12. The first-order valence-corrected chi connectivity index (χ1v) is 24.2. The number of rotatable bonds is 8. The quantitative estimate of drug-likeness (QED) is 0.151. The maximum Gasteiger partial charge on any atom is 0.0754 e. The van der Waals surface area contributed by atoms with E-state index < -0.39 is 5.41 Å². The molecule has 0 bridgehead atoms. The van der Waals surface area contributed by atoms with Crippen molar-refractivity contribution in [2.75, 3.05) is 9.80 Å². The lowest BCUT2D eigenvalue weighted by Gasteiger charge is -2.40. The Morgan fingerprint density at radius 3 is 1.16 bits per heavy atom. The van der Waals surface area contributed by atoms with E-state index in [1.54, 1.807) is 0 Å². The first-order valence-electron chi connectivity index (χ1n) is 24.2. The first kappa shape index (κ1) is 39.9. The predicted molar refractivity (Wildman–Crippen MR) is 292 cm³/mol. The van der Waals surface area contributed by atoms with Crippen molar-refractivity contribution in [3.05, 3.63) is 295 Å². The van der Waals surface area contributed by atoms with Crippen molar-refractivity contribution in [3.63, 3.8) is 0 Å². The molecule has 2 heterocycles. The Kier molecular flexibility index (Phi) is 9.11. The molecule has 1 spiro atoms. The van der Waals surface area contributed by atoms with Gasteiger partial charge in [-0.15, -0.1) is 0 Å². The minimum Gasteiger partial charge on any atom is -0.311 e. The molecule has 0 unspecified atom stereocenters. The highest BCUT2D eigenvalue weighted by atomic mass is 15.1. The number of benzene rings is 11. The summed E-state index contributed by atoms with van der Waals surface area (Å²) in [7, 11) is 0. The molecule has 2 aliphatic rings. The normalized spacial score (nSPS) is 12.7. The minimum absolute atomic E-state index is 0.605. The second-order valence-corrected chi connectivity index (χ2v) is 18.4. The molecule has 14 rings (SSSR count). The molecule has 3 nitrogen and oxygen atoms in total. The second kappa shape index (κ2) is 16.0. The lowest BCUT2D eigenvalue weighted by Crippen LogP contribution is -2.33. The predicted octanol–water partition coefficient (Wildman–Crippen LogP) is 17.7. The van der Waals surface area contributed by atoms with Crippen LogP contribution in [0.4, 0.5) is 34.1 Å². The van der Waals surface area contributed by atoms with Gasteiger partial charge in [-0.3, -0.25) is 0 Å². The lowest BCUT2D eigenvalue weighted by molar-refractivity contribution is 0.749. The van der Waals surface area contributed by atoms with Crippen LogP contribution in [0.25, 0.3) is 60.9 Å². The van der Waals surface area contributed by atoms with Gasteiger partial charge in [0.05, 0.1) is 22.1 Å². The van der Waals surface area contributed by atoms with Crippen LogP contribution >= 0.6 is 0 Å². The third-order valence-electron chi connectivity index (χ3n) is 14.8. The highest BCUT2D eigenvalue weighted by Gasteiger charge is 2.51. The van der Waals surface area contributed by atoms with Crippen LogP contribution < -0.4 is 9.80 Å². The van der Waals surface area contributed by atoms with Crippen LogP contribution in [-0.4, -0.2) is 4.57 Å². The largest absolute Gasteiger partial charge is 0.311 e. The molecule has 0 radical (unpaired) electrons. The highest BCUT2D eigenvalue weighted by Crippen LogP contribution is 2.62. The SMILES string of the molecule is c1ccc(N(c2ccccc2)c2ccc(-c3ccc4c(c3)C3(c5cc(-c6ccc(N(c7ccccc7)c7ccccc7)cc6)ccc5-4)c4ccccc4-n4c5ccccc5c5cccc3c54)cc2)cc1. The third kappa shape index (κ3) is 6.01. The van der Waals surface area contributed by atoms with Crippen molar-refractivity contribution in [3.8, 4) is 39.1 Å². The molecule has 3 heteroatoms. The van der Waals surface area contributed by atoms with E-state index in [1.807, 2.05) is 0 Å². The average Bonchev–Trinajstić information content (AvgIpc) is 3.92. The Bertz CT molecular complexity index is 3660. The number of hydrogen-bond acceptors (Lipinski definition) is 2. The smallest absolute Gasteiger partial charge is 0.0754 e. The molecule has 1 aliphatic carbocycles. The van der Waals surface area contributed by atoms with Gasteiger partial charge < -0.3 is 14.4 Å². The van der Waals surface area contributed by atoms with E-state index in [2.05, 4.69) is 287 Å². The van der Waals surface area contributed by atoms with Gasteiger partial charge in [0.15, 0.2) is 0 Å². The number of aromatic nitrogens is 1. The second-order valence-electron chi connectivity index (χ2n) is 18.4. The average molecular weight is 892 g/mol. The summed E-state index contributed by atoms with van der Waals surface area (Å²) < 4.78 is 2.53.